The number of hydrogen-bond acceptors (Lipinski definition) is 4. The maximum absolute atomic E-state index is 13.6. The molecule has 1 heterocycles. The highest BCUT2D eigenvalue weighted by Gasteiger charge is 2.33. The lowest BCUT2D eigenvalue weighted by atomic mass is 9.72. The molecular formula is C33H31Cl3N2O2S. The highest BCUT2D eigenvalue weighted by Crippen LogP contribution is 2.45. The van der Waals surface area contributed by atoms with Gasteiger partial charge in [0.2, 0.25) is 0 Å². The minimum Gasteiger partial charge on any atom is -0.489 e. The van der Waals surface area contributed by atoms with Crippen LogP contribution in [0.5, 0.6) is 5.75 Å². The third-order valence-electron chi connectivity index (χ3n) is 7.40. The lowest BCUT2D eigenvalue weighted by Crippen LogP contribution is -2.27. The van der Waals surface area contributed by atoms with Crippen LogP contribution in [0, 0.1) is 11.3 Å². The molecule has 1 aliphatic rings. The van der Waals surface area contributed by atoms with Crippen molar-refractivity contribution in [1.29, 1.82) is 0 Å². The zero-order valence-corrected chi connectivity index (χ0v) is 26.2. The second-order valence-corrected chi connectivity index (χ2v) is 13.7. The molecule has 0 saturated heterocycles. The van der Waals surface area contributed by atoms with Crippen molar-refractivity contribution in [3.05, 3.63) is 109 Å². The molecule has 1 aliphatic carbocycles. The molecule has 3 aromatic carbocycles. The zero-order chi connectivity index (χ0) is 29.1. The van der Waals surface area contributed by atoms with E-state index in [0.29, 0.717) is 44.6 Å². The largest absolute Gasteiger partial charge is 0.489 e. The molecule has 1 N–H and O–H groups in total. The monoisotopic (exact) mass is 624 g/mol. The molecule has 8 heteroatoms. The standard InChI is InChI=1S/C33H31Cl3N2O2S/c1-33(2,3)22-8-14-27-29(16-22)41-32(30(27)31(39)38-25-12-10-23(34)11-13-25)37-18-20-5-4-6-26(15-20)40-19-21-7-9-24(35)17-28(21)36/h4-7,9-13,15,17-18,22H,8,14,16,19H2,1-3H3,(H,38,39)/t22-/m0/s1. The molecule has 0 radical (unpaired) electrons. The van der Waals surface area contributed by atoms with Crippen molar-refractivity contribution < 1.29 is 9.53 Å². The van der Waals surface area contributed by atoms with Crippen LogP contribution in [0.4, 0.5) is 10.7 Å². The highest BCUT2D eigenvalue weighted by atomic mass is 35.5. The first-order valence-electron chi connectivity index (χ1n) is 13.5. The average molecular weight is 626 g/mol. The quantitative estimate of drug-likeness (QED) is 0.208. The van der Waals surface area contributed by atoms with E-state index in [-0.39, 0.29) is 11.3 Å². The summed E-state index contributed by atoms with van der Waals surface area (Å²) >= 11 is 20.0. The first-order chi connectivity index (χ1) is 19.6. The predicted octanol–water partition coefficient (Wildman–Crippen LogP) is 10.4. The third kappa shape index (κ3) is 7.34. The third-order valence-corrected chi connectivity index (χ3v) is 9.40. The van der Waals surface area contributed by atoms with E-state index in [1.165, 1.54) is 4.88 Å². The maximum Gasteiger partial charge on any atom is 0.259 e. The van der Waals surface area contributed by atoms with Gasteiger partial charge >= 0.3 is 0 Å². The molecule has 4 nitrogen and oxygen atoms in total. The van der Waals surface area contributed by atoms with Gasteiger partial charge in [0.15, 0.2) is 0 Å². The summed E-state index contributed by atoms with van der Waals surface area (Å²) in [4.78, 5) is 19.7. The highest BCUT2D eigenvalue weighted by molar-refractivity contribution is 7.16. The molecule has 41 heavy (non-hydrogen) atoms. The van der Waals surface area contributed by atoms with Crippen LogP contribution in [-0.2, 0) is 19.4 Å². The molecule has 0 bridgehead atoms. The summed E-state index contributed by atoms with van der Waals surface area (Å²) in [5.41, 5.74) is 4.40. The summed E-state index contributed by atoms with van der Waals surface area (Å²) in [5, 5.41) is 5.54. The predicted molar refractivity (Wildman–Crippen MR) is 173 cm³/mol. The van der Waals surface area contributed by atoms with Gasteiger partial charge in [-0.1, -0.05) is 73.8 Å². The summed E-state index contributed by atoms with van der Waals surface area (Å²) in [6.07, 6.45) is 4.66. The Morgan fingerprint density at radius 1 is 1.05 bits per heavy atom. The molecular weight excluding hydrogens is 595 g/mol. The number of thiophene rings is 1. The number of benzene rings is 3. The Hall–Kier alpha value is -2.83. The summed E-state index contributed by atoms with van der Waals surface area (Å²) < 4.78 is 5.99. The normalized spacial score (nSPS) is 15.1. The molecule has 212 valence electrons. The number of anilines is 1. The fourth-order valence-corrected chi connectivity index (χ4v) is 6.84. The smallest absolute Gasteiger partial charge is 0.259 e. The van der Waals surface area contributed by atoms with E-state index < -0.39 is 0 Å². The van der Waals surface area contributed by atoms with Crippen molar-refractivity contribution in [1.82, 2.24) is 0 Å². The van der Waals surface area contributed by atoms with Gasteiger partial charge in [-0.05, 0) is 90.3 Å². The number of aliphatic imine (C=N–C) groups is 1. The van der Waals surface area contributed by atoms with E-state index in [4.69, 9.17) is 44.5 Å². The van der Waals surface area contributed by atoms with Crippen molar-refractivity contribution in [2.24, 2.45) is 16.3 Å². The number of hydrogen-bond donors (Lipinski definition) is 1. The van der Waals surface area contributed by atoms with E-state index in [1.54, 1.807) is 53.9 Å². The number of amides is 1. The molecule has 0 fully saturated rings. The fourth-order valence-electron chi connectivity index (χ4n) is 4.98. The fraction of sp³-hybridized carbons (Fsp3) is 0.273. The number of halogens is 3. The van der Waals surface area contributed by atoms with Gasteiger partial charge in [-0.2, -0.15) is 0 Å². The second kappa shape index (κ2) is 12.6. The van der Waals surface area contributed by atoms with Gasteiger partial charge in [-0.25, -0.2) is 4.99 Å². The Bertz CT molecular complexity index is 1590. The van der Waals surface area contributed by atoms with Crippen molar-refractivity contribution in [3.8, 4) is 5.75 Å². The Morgan fingerprint density at radius 3 is 2.54 bits per heavy atom. The van der Waals surface area contributed by atoms with Gasteiger partial charge < -0.3 is 10.1 Å². The van der Waals surface area contributed by atoms with Gasteiger partial charge in [0.25, 0.3) is 5.91 Å². The molecule has 0 aliphatic heterocycles. The molecule has 0 unspecified atom stereocenters. The summed E-state index contributed by atoms with van der Waals surface area (Å²) in [7, 11) is 0. The molecule has 1 amide bonds. The van der Waals surface area contributed by atoms with Crippen LogP contribution >= 0.6 is 46.1 Å². The summed E-state index contributed by atoms with van der Waals surface area (Å²) in [6, 6.07) is 20.2. The lowest BCUT2D eigenvalue weighted by molar-refractivity contribution is 0.102. The van der Waals surface area contributed by atoms with Crippen LogP contribution in [0.1, 0.15) is 59.1 Å². The molecule has 4 aromatic rings. The number of rotatable bonds is 7. The van der Waals surface area contributed by atoms with Crippen LogP contribution in [0.3, 0.4) is 0 Å². The minimum atomic E-state index is -0.150. The van der Waals surface area contributed by atoms with Crippen LogP contribution in [-0.4, -0.2) is 12.1 Å². The topological polar surface area (TPSA) is 50.7 Å². The number of carbonyl (C=O) groups is 1. The van der Waals surface area contributed by atoms with Gasteiger partial charge in [0.1, 0.15) is 17.4 Å². The van der Waals surface area contributed by atoms with Crippen molar-refractivity contribution >= 4 is 68.9 Å². The van der Waals surface area contributed by atoms with Crippen LogP contribution in [0.25, 0.3) is 0 Å². The molecule has 0 saturated carbocycles. The number of ether oxygens (including phenoxy) is 1. The van der Waals surface area contributed by atoms with Gasteiger partial charge in [0.05, 0.1) is 5.56 Å². The van der Waals surface area contributed by atoms with Crippen molar-refractivity contribution in [2.45, 2.75) is 46.6 Å². The molecule has 1 atom stereocenters. The van der Waals surface area contributed by atoms with E-state index in [9.17, 15) is 4.79 Å². The van der Waals surface area contributed by atoms with Crippen molar-refractivity contribution in [2.75, 3.05) is 5.32 Å². The van der Waals surface area contributed by atoms with Gasteiger partial charge in [-0.15, -0.1) is 11.3 Å². The molecule has 1 aromatic heterocycles. The number of carbonyl (C=O) groups excluding carboxylic acids is 1. The zero-order valence-electron chi connectivity index (χ0n) is 23.1. The van der Waals surface area contributed by atoms with Crippen molar-refractivity contribution in [3.63, 3.8) is 0 Å². The van der Waals surface area contributed by atoms with E-state index >= 15 is 0 Å². The SMILES string of the molecule is CC(C)(C)[C@H]1CCc2c(sc(N=Cc3cccc(OCc4ccc(Cl)cc4Cl)c3)c2C(=O)Nc2ccc(Cl)cc2)C1. The number of nitrogens with one attached hydrogen (secondary N) is 1. The van der Waals surface area contributed by atoms with E-state index in [2.05, 4.69) is 26.1 Å². The van der Waals surface area contributed by atoms with Crippen LogP contribution in [0.2, 0.25) is 15.1 Å². The first-order valence-corrected chi connectivity index (χ1v) is 15.4. The number of nitrogens with zero attached hydrogens (tertiary/aromatic N) is 1. The maximum atomic E-state index is 13.6. The Kier molecular flexibility index (Phi) is 9.10. The number of fused-ring (bicyclic) bond motifs is 1. The van der Waals surface area contributed by atoms with E-state index in [0.717, 1.165) is 41.0 Å². The second-order valence-electron chi connectivity index (χ2n) is 11.3. The first kappa shape index (κ1) is 29.7. The average Bonchev–Trinajstić information content (AvgIpc) is 3.30. The Labute approximate surface area is 260 Å². The summed E-state index contributed by atoms with van der Waals surface area (Å²) in [5.74, 6) is 1.10. The van der Waals surface area contributed by atoms with Gasteiger partial charge in [0, 0.05) is 37.4 Å². The van der Waals surface area contributed by atoms with Gasteiger partial charge in [-0.3, -0.25) is 4.79 Å². The molecule has 0 spiro atoms. The minimum absolute atomic E-state index is 0.150. The molecule has 5 rings (SSSR count). The summed E-state index contributed by atoms with van der Waals surface area (Å²) in [6.45, 7) is 7.19. The van der Waals surface area contributed by atoms with Crippen LogP contribution < -0.4 is 10.1 Å². The lowest BCUT2D eigenvalue weighted by Gasteiger charge is -2.33. The van der Waals surface area contributed by atoms with E-state index in [1.807, 2.05) is 30.3 Å². The van der Waals surface area contributed by atoms with Crippen LogP contribution in [0.15, 0.2) is 71.7 Å². The Balaban J connectivity index is 1.40. The Morgan fingerprint density at radius 2 is 1.80 bits per heavy atom.